The number of nitrogens with two attached hydrogens (primary N) is 1. The minimum Gasteiger partial charge on any atom is -0.480 e. The molecule has 0 fully saturated rings. The van der Waals surface area contributed by atoms with E-state index in [2.05, 4.69) is 0 Å². The lowest BCUT2D eigenvalue weighted by molar-refractivity contribution is -0.138. The van der Waals surface area contributed by atoms with Gasteiger partial charge in [0, 0.05) is 0 Å². The van der Waals surface area contributed by atoms with E-state index in [0.29, 0.717) is 0 Å². The normalized spacial score (nSPS) is 13.7. The highest BCUT2D eigenvalue weighted by molar-refractivity contribution is 5.72. The smallest absolute Gasteiger partial charge is 0.320 e. The number of hydrogen-bond donors (Lipinski definition) is 2. The molecular weight excluding hydrogens is 84.0 g/mol. The Labute approximate surface area is 35.8 Å². The van der Waals surface area contributed by atoms with Crippen molar-refractivity contribution in [3.8, 4) is 0 Å². The fourth-order valence-corrected chi connectivity index (χ4v) is 0. The van der Waals surface area contributed by atoms with Gasteiger partial charge in [-0.25, -0.2) is 0 Å². The van der Waals surface area contributed by atoms with Gasteiger partial charge in [0.1, 0.15) is 6.04 Å². The average Bonchev–Trinajstić information content (AvgIpc) is 1.36. The van der Waals surface area contributed by atoms with E-state index in [0.717, 1.165) is 0 Å². The number of aliphatic carboxylic acids is 1. The lowest BCUT2D eigenvalue weighted by atomic mass is 10.7. The summed E-state index contributed by atoms with van der Waals surface area (Å²) in [6.07, 6.45) is 0. The van der Waals surface area contributed by atoms with Gasteiger partial charge in [0.05, 0.1) is 0 Å². The van der Waals surface area contributed by atoms with Gasteiger partial charge in [0.15, 0.2) is 0 Å². The minimum atomic E-state index is -0.963. The molecule has 3 heteroatoms. The van der Waals surface area contributed by atoms with Crippen molar-refractivity contribution in [2.24, 2.45) is 5.73 Å². The van der Waals surface area contributed by atoms with Crippen molar-refractivity contribution in [3.05, 3.63) is 0 Å². The van der Waals surface area contributed by atoms with E-state index in [1.165, 1.54) is 6.92 Å². The molecule has 0 heterocycles. The van der Waals surface area contributed by atoms with E-state index in [4.69, 9.17) is 10.8 Å². The molecule has 0 amide bonds. The summed E-state index contributed by atoms with van der Waals surface area (Å²) < 4.78 is 0. The van der Waals surface area contributed by atoms with Crippen LogP contribution in [-0.4, -0.2) is 17.1 Å². The van der Waals surface area contributed by atoms with Crippen LogP contribution in [0.15, 0.2) is 0 Å². The van der Waals surface area contributed by atoms with Crippen LogP contribution in [0, 0.1) is 0 Å². The number of hydrogen-bond acceptors (Lipinski definition) is 2. The summed E-state index contributed by atoms with van der Waals surface area (Å²) in [5.41, 5.74) is 4.84. The summed E-state index contributed by atoms with van der Waals surface area (Å²) in [5, 5.41) is 7.87. The molecule has 0 rings (SSSR count). The zero-order valence-corrected chi connectivity index (χ0v) is 3.51. The van der Waals surface area contributed by atoms with E-state index in [1.54, 1.807) is 0 Å². The van der Waals surface area contributed by atoms with E-state index in [1.807, 2.05) is 0 Å². The maximum atomic E-state index is 9.57. The fourth-order valence-electron chi connectivity index (χ4n) is 0. The Bertz CT molecular complexity index is 59.8. The summed E-state index contributed by atoms with van der Waals surface area (Å²) >= 11 is 0. The predicted octanol–water partition coefficient (Wildman–Crippen LogP) is -0.582. The average molecular weight is 91.1 g/mol. The van der Waals surface area contributed by atoms with Crippen LogP contribution in [0.4, 0.5) is 0 Å². The van der Waals surface area contributed by atoms with Crippen molar-refractivity contribution < 1.29 is 9.90 Å². The van der Waals surface area contributed by atoms with Crippen molar-refractivity contribution in [2.75, 3.05) is 0 Å². The van der Waals surface area contributed by atoms with Crippen molar-refractivity contribution in [3.63, 3.8) is 0 Å². The zero-order chi connectivity index (χ0) is 5.15. The van der Waals surface area contributed by atoms with Gasteiger partial charge in [0.2, 0.25) is 0 Å². The maximum absolute atomic E-state index is 9.57. The molecule has 0 saturated carbocycles. The van der Waals surface area contributed by atoms with Gasteiger partial charge in [-0.3, -0.25) is 4.79 Å². The van der Waals surface area contributed by atoms with Gasteiger partial charge >= 0.3 is 5.97 Å². The van der Waals surface area contributed by atoms with Crippen LogP contribution in [0.25, 0.3) is 0 Å². The molecule has 0 aliphatic heterocycles. The Hall–Kier alpha value is -0.570. The molecule has 0 aliphatic rings. The van der Waals surface area contributed by atoms with E-state index >= 15 is 0 Å². The maximum Gasteiger partial charge on any atom is 0.320 e. The molecule has 6 heavy (non-hydrogen) atoms. The van der Waals surface area contributed by atoms with Gasteiger partial charge in [-0.1, -0.05) is 0 Å². The predicted molar refractivity (Wildman–Crippen MR) is 21.3 cm³/mol. The molecule has 36 valence electrons. The van der Waals surface area contributed by atoms with Crippen LogP contribution >= 0.6 is 0 Å². The molecule has 0 aliphatic carbocycles. The third-order valence-electron chi connectivity index (χ3n) is 0.390. The number of carbonyl (C=O) groups is 1. The summed E-state index contributed by atoms with van der Waals surface area (Å²) in [5.74, 6) is -0.963. The Morgan fingerprint density at radius 1 is 2.00 bits per heavy atom. The lowest BCUT2D eigenvalue weighted by Gasteiger charge is -1.90. The molecule has 1 unspecified atom stereocenters. The second-order valence-electron chi connectivity index (χ2n) is 1.13. The highest BCUT2D eigenvalue weighted by Crippen LogP contribution is 1.68. The highest BCUT2D eigenvalue weighted by atomic mass is 16.6. The van der Waals surface area contributed by atoms with Crippen LogP contribution in [0.5, 0.6) is 0 Å². The second-order valence-corrected chi connectivity index (χ2v) is 1.13. The fraction of sp³-hybridized carbons (Fsp3) is 0.667. The van der Waals surface area contributed by atoms with Gasteiger partial charge in [-0.15, -0.1) is 0 Å². The van der Waals surface area contributed by atoms with Crippen LogP contribution in [0.1, 0.15) is 6.92 Å². The van der Waals surface area contributed by atoms with Crippen molar-refractivity contribution in [1.29, 1.82) is 0 Å². The minimum absolute atomic E-state index is 0.731. The lowest BCUT2D eigenvalue weighted by Crippen LogP contribution is -2.25. The molecule has 0 aromatic heterocycles. The first-order valence-corrected chi connectivity index (χ1v) is 1.63. The van der Waals surface area contributed by atoms with Crippen LogP contribution in [-0.2, 0) is 4.79 Å². The Morgan fingerprint density at radius 3 is 2.17 bits per heavy atom. The topological polar surface area (TPSA) is 63.3 Å². The zero-order valence-electron chi connectivity index (χ0n) is 3.51. The molecule has 0 bridgehead atoms. The number of carboxylic acid groups (broad SMARTS) is 1. The van der Waals surface area contributed by atoms with Crippen LogP contribution in [0.3, 0.4) is 0 Å². The first-order valence-electron chi connectivity index (χ1n) is 1.63. The molecule has 0 spiro atoms. The molecule has 0 radical (unpaired) electrons. The van der Waals surface area contributed by atoms with Gasteiger partial charge in [-0.2, -0.15) is 0 Å². The number of carboxylic acids is 1. The standard InChI is InChI=1S/C3H7NO2/c1-2(4)3(5)6/h2H,4H2,1H3,(H,5,6)/i3+2. The summed E-state index contributed by atoms with van der Waals surface area (Å²) in [6, 6.07) is -0.731. The molecule has 1 atom stereocenters. The Kier molecular flexibility index (Phi) is 1.60. The molecule has 0 aromatic carbocycles. The molecule has 3 nitrogen and oxygen atoms in total. The molecule has 3 N–H and O–H groups in total. The van der Waals surface area contributed by atoms with Gasteiger partial charge in [-0.05, 0) is 6.92 Å². The summed E-state index contributed by atoms with van der Waals surface area (Å²) in [4.78, 5) is 9.57. The SMILES string of the molecule is CC(N)[14C](=O)O. The third-order valence-corrected chi connectivity index (χ3v) is 0.390. The Morgan fingerprint density at radius 2 is 2.17 bits per heavy atom. The first-order chi connectivity index (χ1) is 2.64. The second kappa shape index (κ2) is 1.77. The number of rotatable bonds is 1. The first kappa shape index (κ1) is 5.43. The van der Waals surface area contributed by atoms with Gasteiger partial charge < -0.3 is 10.8 Å². The van der Waals surface area contributed by atoms with Crippen molar-refractivity contribution >= 4 is 5.97 Å². The largest absolute Gasteiger partial charge is 0.480 e. The monoisotopic (exact) mass is 91.1 g/mol. The van der Waals surface area contributed by atoms with Crippen molar-refractivity contribution in [1.82, 2.24) is 0 Å². The van der Waals surface area contributed by atoms with Gasteiger partial charge in [0.25, 0.3) is 0 Å². The highest BCUT2D eigenvalue weighted by Gasteiger charge is 1.99. The van der Waals surface area contributed by atoms with E-state index in [9.17, 15) is 4.79 Å². The molecular formula is C3H7NO2. The quantitative estimate of drug-likeness (QED) is 0.453. The van der Waals surface area contributed by atoms with E-state index in [-0.39, 0.29) is 0 Å². The van der Waals surface area contributed by atoms with Crippen molar-refractivity contribution in [2.45, 2.75) is 13.0 Å². The van der Waals surface area contributed by atoms with Crippen LogP contribution < -0.4 is 5.73 Å². The summed E-state index contributed by atoms with van der Waals surface area (Å²) in [6.45, 7) is 1.42. The third kappa shape index (κ3) is 1.72. The Balaban J connectivity index is 3.26. The summed E-state index contributed by atoms with van der Waals surface area (Å²) in [7, 11) is 0. The van der Waals surface area contributed by atoms with Crippen LogP contribution in [0.2, 0.25) is 0 Å². The molecule has 0 aromatic rings. The molecule has 0 saturated heterocycles. The van der Waals surface area contributed by atoms with E-state index < -0.39 is 12.0 Å².